The molecule has 0 unspecified atom stereocenters. The maximum absolute atomic E-state index is 13.7. The number of esters is 1. The van der Waals surface area contributed by atoms with Gasteiger partial charge in [-0.15, -0.1) is 0 Å². The average molecular weight is 669 g/mol. The number of nitrogens with one attached hydrogen (secondary N) is 2. The predicted octanol–water partition coefficient (Wildman–Crippen LogP) is 4.04. The van der Waals surface area contributed by atoms with Crippen molar-refractivity contribution >= 4 is 57.4 Å². The number of aromatic amines is 1. The Hall–Kier alpha value is -4.27. The van der Waals surface area contributed by atoms with Crippen molar-refractivity contribution in [2.45, 2.75) is 30.2 Å². The second kappa shape index (κ2) is 12.5. The minimum absolute atomic E-state index is 0.0687. The van der Waals surface area contributed by atoms with Crippen LogP contribution in [0.1, 0.15) is 35.9 Å². The Morgan fingerprint density at radius 1 is 1.24 bits per heavy atom. The van der Waals surface area contributed by atoms with Gasteiger partial charge in [0.25, 0.3) is 5.91 Å². The molecule has 0 spiro atoms. The molecule has 5 rings (SSSR count). The van der Waals surface area contributed by atoms with E-state index in [1.54, 1.807) is 19.1 Å². The summed E-state index contributed by atoms with van der Waals surface area (Å²) < 4.78 is 11.8. The molecule has 2 aromatic heterocycles. The van der Waals surface area contributed by atoms with Gasteiger partial charge in [0, 0.05) is 40.5 Å². The number of allylic oxidation sites excluding steroid dienone is 1. The number of hydrogen-bond acceptors (Lipinski definition) is 9. The highest BCUT2D eigenvalue weighted by Gasteiger charge is 2.23. The van der Waals surface area contributed by atoms with Gasteiger partial charge in [-0.05, 0) is 61.9 Å². The number of anilines is 1. The molecule has 2 N–H and O–H groups in total. The number of imidazole rings is 1. The van der Waals surface area contributed by atoms with Gasteiger partial charge >= 0.3 is 11.7 Å². The van der Waals surface area contributed by atoms with E-state index in [4.69, 9.17) is 9.72 Å². The van der Waals surface area contributed by atoms with Gasteiger partial charge in [-0.25, -0.2) is 14.8 Å². The molecule has 1 amide bonds. The van der Waals surface area contributed by atoms with E-state index in [2.05, 4.69) is 47.6 Å². The van der Waals surface area contributed by atoms with Gasteiger partial charge in [0.15, 0.2) is 5.82 Å². The van der Waals surface area contributed by atoms with E-state index in [1.165, 1.54) is 4.90 Å². The summed E-state index contributed by atoms with van der Waals surface area (Å²) in [6.07, 6.45) is 4.55. The van der Waals surface area contributed by atoms with Gasteiger partial charge in [-0.2, -0.15) is 0 Å². The van der Waals surface area contributed by atoms with E-state index in [1.807, 2.05) is 54.2 Å². The molecule has 1 aliphatic rings. The first-order valence-electron chi connectivity index (χ1n) is 13.0. The van der Waals surface area contributed by atoms with Crippen LogP contribution in [0.4, 0.5) is 5.69 Å². The minimum atomic E-state index is -0.604. The number of carbonyl (C=O) groups is 2. The molecule has 2 aromatic carbocycles. The molecule has 212 valence electrons. The zero-order chi connectivity index (χ0) is 28.9. The lowest BCUT2D eigenvalue weighted by Gasteiger charge is -2.25. The molecule has 12 nitrogen and oxygen atoms in total. The first-order chi connectivity index (χ1) is 19.8. The predicted molar refractivity (Wildman–Crippen MR) is 162 cm³/mol. The lowest BCUT2D eigenvalue weighted by atomic mass is 10.1. The molecular formula is C28H28IN7O5. The smallest absolute Gasteiger partial charge is 0.439 e. The lowest BCUT2D eigenvalue weighted by Crippen LogP contribution is -2.33. The summed E-state index contributed by atoms with van der Waals surface area (Å²) in [6, 6.07) is 12.8. The van der Waals surface area contributed by atoms with Gasteiger partial charge in [0.2, 0.25) is 0 Å². The lowest BCUT2D eigenvalue weighted by molar-refractivity contribution is -0.143. The van der Waals surface area contributed by atoms with E-state index < -0.39 is 5.76 Å². The van der Waals surface area contributed by atoms with Gasteiger partial charge in [-0.3, -0.25) is 24.0 Å². The number of benzene rings is 2. The van der Waals surface area contributed by atoms with Crippen molar-refractivity contribution in [1.82, 2.24) is 24.6 Å². The van der Waals surface area contributed by atoms with E-state index in [9.17, 15) is 14.4 Å². The molecule has 0 saturated carbocycles. The van der Waals surface area contributed by atoms with Crippen LogP contribution >= 0.6 is 22.6 Å². The molecule has 4 aromatic rings. The highest BCUT2D eigenvalue weighted by molar-refractivity contribution is 14.1. The summed E-state index contributed by atoms with van der Waals surface area (Å²) in [5, 5.41) is 7.04. The normalized spacial score (nSPS) is 14.6. The molecule has 0 fully saturated rings. The van der Waals surface area contributed by atoms with Crippen LogP contribution in [0.3, 0.4) is 0 Å². The van der Waals surface area contributed by atoms with Gasteiger partial charge in [0.1, 0.15) is 11.6 Å². The Labute approximate surface area is 248 Å². The number of hydrogen-bond donors (Lipinski definition) is 2. The Bertz CT molecular complexity index is 1690. The van der Waals surface area contributed by atoms with Crippen molar-refractivity contribution in [2.24, 2.45) is 12.0 Å². The number of rotatable bonds is 10. The maximum atomic E-state index is 13.7. The first-order valence-corrected chi connectivity index (χ1v) is 14.3. The zero-order valence-electron chi connectivity index (χ0n) is 22.5. The van der Waals surface area contributed by atoms with Crippen molar-refractivity contribution in [3.8, 4) is 11.4 Å². The largest absolute Gasteiger partial charge is 0.466 e. The number of nitrogens with zero attached hydrogens (tertiary/aromatic N) is 5. The van der Waals surface area contributed by atoms with Gasteiger partial charge < -0.3 is 14.6 Å². The number of amides is 1. The number of carbonyl (C=O) groups excluding carboxylic acids is 2. The molecule has 3 heterocycles. The number of aromatic nitrogens is 4. The molecule has 0 saturated heterocycles. The minimum Gasteiger partial charge on any atom is -0.466 e. The van der Waals surface area contributed by atoms with Crippen LogP contribution in [0.2, 0.25) is 0 Å². The van der Waals surface area contributed by atoms with E-state index >= 15 is 0 Å². The number of aliphatic imine (C=N–C) groups is 1. The van der Waals surface area contributed by atoms with Crippen LogP contribution in [-0.2, 0) is 23.1 Å². The number of fused-ring (bicyclic) bond motifs is 1. The molecule has 0 bridgehead atoms. The second-order valence-electron chi connectivity index (χ2n) is 9.27. The van der Waals surface area contributed by atoms with Crippen molar-refractivity contribution in [1.29, 1.82) is 0 Å². The van der Waals surface area contributed by atoms with Crippen LogP contribution in [0, 0.1) is 0 Å². The SMILES string of the molecule is CCOC(=O)CCN(C(=O)c1ccc2c(c1)nc(CNc1ccc(-c3noc(=O)[nH]3)cc1)n2C)C1=CC[C@H](I)C=N1. The first kappa shape index (κ1) is 28.3. The quantitative estimate of drug-likeness (QED) is 0.146. The third-order valence-corrected chi connectivity index (χ3v) is 7.36. The fourth-order valence-corrected chi connectivity index (χ4v) is 4.82. The third-order valence-electron chi connectivity index (χ3n) is 6.53. The molecular weight excluding hydrogens is 641 g/mol. The van der Waals surface area contributed by atoms with E-state index in [-0.39, 0.29) is 35.4 Å². The zero-order valence-corrected chi connectivity index (χ0v) is 24.6. The second-order valence-corrected chi connectivity index (χ2v) is 10.9. The highest BCUT2D eigenvalue weighted by Crippen LogP contribution is 2.23. The monoisotopic (exact) mass is 669 g/mol. The molecule has 1 atom stereocenters. The van der Waals surface area contributed by atoms with Gasteiger partial charge in [0.05, 0.1) is 30.6 Å². The summed E-state index contributed by atoms with van der Waals surface area (Å²) in [5.74, 6) is 0.443. The number of ether oxygens (including phenoxy) is 1. The van der Waals surface area contributed by atoms with Crippen LogP contribution < -0.4 is 11.1 Å². The Morgan fingerprint density at radius 2 is 2.05 bits per heavy atom. The Morgan fingerprint density at radius 3 is 2.73 bits per heavy atom. The fraction of sp³-hybridized carbons (Fsp3) is 0.286. The number of halogens is 1. The Kier molecular flexibility index (Phi) is 8.61. The standard InChI is InChI=1S/C28H28IN7O5/c1-3-40-25(37)12-13-36(23-11-7-19(29)15-31-23)27(38)18-6-10-22-21(14-18)32-24(35(22)2)16-30-20-8-4-17(5-9-20)26-33-28(39)41-34-26/h4-6,8-11,14-15,19,30H,3,7,12-13,16H2,1-2H3,(H,33,34,39)/t19-/m0/s1. The summed E-state index contributed by atoms with van der Waals surface area (Å²) in [5.41, 5.74) is 3.59. The number of alkyl halides is 1. The van der Waals surface area contributed by atoms with Crippen LogP contribution in [0.25, 0.3) is 22.4 Å². The average Bonchev–Trinajstić information content (AvgIpc) is 3.55. The molecule has 0 radical (unpaired) electrons. The number of aryl methyl sites for hydroxylation is 1. The van der Waals surface area contributed by atoms with Crippen molar-refractivity contribution in [3.63, 3.8) is 0 Å². The van der Waals surface area contributed by atoms with Crippen molar-refractivity contribution < 1.29 is 18.8 Å². The van der Waals surface area contributed by atoms with Crippen LogP contribution in [0.15, 0.2) is 68.7 Å². The molecule has 1 aliphatic heterocycles. The molecule has 41 heavy (non-hydrogen) atoms. The summed E-state index contributed by atoms with van der Waals surface area (Å²) in [6.45, 7) is 2.64. The topological polar surface area (TPSA) is 148 Å². The summed E-state index contributed by atoms with van der Waals surface area (Å²) >= 11 is 2.29. The molecule has 0 aliphatic carbocycles. The fourth-order valence-electron chi connectivity index (χ4n) is 4.40. The Balaban J connectivity index is 1.32. The maximum Gasteiger partial charge on any atom is 0.439 e. The third kappa shape index (κ3) is 6.56. The van der Waals surface area contributed by atoms with Crippen LogP contribution in [-0.4, -0.2) is 59.8 Å². The summed E-state index contributed by atoms with van der Waals surface area (Å²) in [7, 11) is 1.92. The van der Waals surface area contributed by atoms with Crippen molar-refractivity contribution in [2.75, 3.05) is 18.5 Å². The molecule has 13 heteroatoms. The number of H-pyrrole nitrogens is 1. The van der Waals surface area contributed by atoms with Crippen LogP contribution in [0.5, 0.6) is 0 Å². The van der Waals surface area contributed by atoms with Crippen molar-refractivity contribution in [3.05, 3.63) is 76.3 Å². The van der Waals surface area contributed by atoms with Gasteiger partial charge in [-0.1, -0.05) is 27.7 Å². The highest BCUT2D eigenvalue weighted by atomic mass is 127. The van der Waals surface area contributed by atoms with E-state index in [0.29, 0.717) is 29.3 Å². The summed E-state index contributed by atoms with van der Waals surface area (Å²) in [4.78, 5) is 50.2. The van der Waals surface area contributed by atoms with E-state index in [0.717, 1.165) is 29.0 Å².